The maximum atomic E-state index is 12.3. The number of benzene rings is 1. The molecule has 3 aromatic rings. The van der Waals surface area contributed by atoms with Crippen molar-refractivity contribution in [3.8, 4) is 11.5 Å². The fraction of sp³-hybridized carbons (Fsp3) is 0.278. The summed E-state index contributed by atoms with van der Waals surface area (Å²) in [5, 5.41) is 4.09. The maximum absolute atomic E-state index is 12.3. The summed E-state index contributed by atoms with van der Waals surface area (Å²) in [5.41, 5.74) is 1.62. The monoisotopic (exact) mass is 371 g/mol. The predicted molar refractivity (Wildman–Crippen MR) is 98.6 cm³/mol. The first-order valence-corrected chi connectivity index (χ1v) is 8.96. The van der Waals surface area contributed by atoms with Gasteiger partial charge in [-0.05, 0) is 38.5 Å². The van der Waals surface area contributed by atoms with Gasteiger partial charge in [-0.2, -0.15) is 0 Å². The molecule has 0 amide bonds. The lowest BCUT2D eigenvalue weighted by molar-refractivity contribution is 0.0383. The van der Waals surface area contributed by atoms with Crippen LogP contribution in [-0.4, -0.2) is 28.8 Å². The number of hydrogen-bond acceptors (Lipinski definition) is 8. The van der Waals surface area contributed by atoms with Gasteiger partial charge in [0.25, 0.3) is 0 Å². The van der Waals surface area contributed by atoms with Gasteiger partial charge in [0.1, 0.15) is 21.9 Å². The van der Waals surface area contributed by atoms with Crippen LogP contribution in [0.4, 0.5) is 11.5 Å². The standard InChI is InChI=1S/C18H17N3O4S/c1-9(2)25-18(22)15-10(3)14-16(19-7-20-17(14)26-15)21-11-4-5-12-13(6-11)24-8-23-12/h4-7,9H,8H2,1-3H3,(H,19,20,21). The summed E-state index contributed by atoms with van der Waals surface area (Å²) in [6.07, 6.45) is 1.30. The second kappa shape index (κ2) is 6.45. The summed E-state index contributed by atoms with van der Waals surface area (Å²) in [5.74, 6) is 1.69. The van der Waals surface area contributed by atoms with Crippen molar-refractivity contribution in [2.75, 3.05) is 12.1 Å². The number of anilines is 2. The zero-order chi connectivity index (χ0) is 18.3. The number of aryl methyl sites for hydroxylation is 1. The number of rotatable bonds is 4. The molecule has 2 aromatic heterocycles. The minimum absolute atomic E-state index is 0.176. The smallest absolute Gasteiger partial charge is 0.348 e. The number of carbonyl (C=O) groups excluding carboxylic acids is 1. The average Bonchev–Trinajstić information content (AvgIpc) is 3.19. The Morgan fingerprint density at radius 3 is 2.88 bits per heavy atom. The number of nitrogens with one attached hydrogen (secondary N) is 1. The number of fused-ring (bicyclic) bond motifs is 2. The molecule has 1 aliphatic heterocycles. The fourth-order valence-electron chi connectivity index (χ4n) is 2.74. The largest absolute Gasteiger partial charge is 0.459 e. The van der Waals surface area contributed by atoms with Gasteiger partial charge in [0.15, 0.2) is 11.5 Å². The highest BCUT2D eigenvalue weighted by molar-refractivity contribution is 7.20. The molecule has 0 saturated heterocycles. The Kier molecular flexibility index (Phi) is 4.12. The Balaban J connectivity index is 1.71. The number of carbonyl (C=O) groups is 1. The van der Waals surface area contributed by atoms with E-state index < -0.39 is 0 Å². The van der Waals surface area contributed by atoms with Crippen molar-refractivity contribution in [3.63, 3.8) is 0 Å². The van der Waals surface area contributed by atoms with Crippen LogP contribution in [0.3, 0.4) is 0 Å². The van der Waals surface area contributed by atoms with Crippen LogP contribution < -0.4 is 14.8 Å². The normalized spacial score (nSPS) is 12.6. The third-order valence-electron chi connectivity index (χ3n) is 3.89. The summed E-state index contributed by atoms with van der Waals surface area (Å²) < 4.78 is 16.1. The van der Waals surface area contributed by atoms with Crippen LogP contribution >= 0.6 is 11.3 Å². The zero-order valence-corrected chi connectivity index (χ0v) is 15.3. The van der Waals surface area contributed by atoms with Crippen molar-refractivity contribution in [2.24, 2.45) is 0 Å². The topological polar surface area (TPSA) is 82.6 Å². The van der Waals surface area contributed by atoms with Gasteiger partial charge in [0.05, 0.1) is 11.5 Å². The molecule has 0 saturated carbocycles. The molecule has 26 heavy (non-hydrogen) atoms. The second-order valence-corrected chi connectivity index (χ2v) is 7.10. The maximum Gasteiger partial charge on any atom is 0.348 e. The zero-order valence-electron chi connectivity index (χ0n) is 14.5. The number of thiophene rings is 1. The number of ether oxygens (including phenoxy) is 3. The van der Waals surface area contributed by atoms with Gasteiger partial charge in [-0.1, -0.05) is 0 Å². The van der Waals surface area contributed by atoms with Crippen molar-refractivity contribution < 1.29 is 19.0 Å². The lowest BCUT2D eigenvalue weighted by Gasteiger charge is -2.08. The van der Waals surface area contributed by atoms with E-state index in [0.717, 1.165) is 21.5 Å². The summed E-state index contributed by atoms with van der Waals surface area (Å²) in [7, 11) is 0. The third kappa shape index (κ3) is 2.92. The highest BCUT2D eigenvalue weighted by Gasteiger charge is 2.21. The molecule has 0 atom stereocenters. The van der Waals surface area contributed by atoms with Gasteiger partial charge >= 0.3 is 5.97 Å². The van der Waals surface area contributed by atoms with E-state index in [1.165, 1.54) is 17.7 Å². The summed E-state index contributed by atoms with van der Waals surface area (Å²) in [6, 6.07) is 5.58. The molecule has 0 radical (unpaired) electrons. The van der Waals surface area contributed by atoms with Gasteiger partial charge < -0.3 is 19.5 Å². The lowest BCUT2D eigenvalue weighted by Crippen LogP contribution is -2.11. The number of hydrogen-bond donors (Lipinski definition) is 1. The van der Waals surface area contributed by atoms with Crippen LogP contribution in [0, 0.1) is 6.92 Å². The minimum atomic E-state index is -0.338. The molecule has 3 heterocycles. The van der Waals surface area contributed by atoms with E-state index >= 15 is 0 Å². The molecule has 4 rings (SSSR count). The summed E-state index contributed by atoms with van der Waals surface area (Å²) >= 11 is 1.31. The van der Waals surface area contributed by atoms with Gasteiger partial charge in [0.2, 0.25) is 6.79 Å². The van der Waals surface area contributed by atoms with Crippen LogP contribution in [0.25, 0.3) is 10.2 Å². The van der Waals surface area contributed by atoms with Crippen molar-refractivity contribution in [2.45, 2.75) is 26.9 Å². The second-order valence-electron chi connectivity index (χ2n) is 6.11. The quantitative estimate of drug-likeness (QED) is 0.693. The van der Waals surface area contributed by atoms with Gasteiger partial charge in [0, 0.05) is 11.8 Å². The van der Waals surface area contributed by atoms with E-state index in [1.807, 2.05) is 39.0 Å². The first kappa shape index (κ1) is 16.6. The molecule has 7 nitrogen and oxygen atoms in total. The van der Waals surface area contributed by atoms with Crippen LogP contribution in [0.1, 0.15) is 29.1 Å². The predicted octanol–water partition coefficient (Wildman–Crippen LogP) is 4.04. The van der Waals surface area contributed by atoms with E-state index in [4.69, 9.17) is 14.2 Å². The van der Waals surface area contributed by atoms with Crippen molar-refractivity contribution in [3.05, 3.63) is 35.0 Å². The fourth-order valence-corrected chi connectivity index (χ4v) is 3.77. The molecule has 134 valence electrons. The Morgan fingerprint density at radius 2 is 2.08 bits per heavy atom. The molecule has 1 aliphatic rings. The van der Waals surface area contributed by atoms with E-state index in [2.05, 4.69) is 15.3 Å². The van der Waals surface area contributed by atoms with Crippen LogP contribution in [-0.2, 0) is 4.74 Å². The number of aromatic nitrogens is 2. The molecular formula is C18H17N3O4S. The molecule has 0 aliphatic carbocycles. The Hall–Kier alpha value is -2.87. The number of nitrogens with zero attached hydrogens (tertiary/aromatic N) is 2. The third-order valence-corrected chi connectivity index (χ3v) is 5.07. The molecule has 0 fully saturated rings. The Morgan fingerprint density at radius 1 is 1.27 bits per heavy atom. The van der Waals surface area contributed by atoms with E-state index in [-0.39, 0.29) is 18.9 Å². The van der Waals surface area contributed by atoms with Gasteiger partial charge in [-0.15, -0.1) is 11.3 Å². The van der Waals surface area contributed by atoms with Crippen LogP contribution in [0.15, 0.2) is 24.5 Å². The average molecular weight is 371 g/mol. The summed E-state index contributed by atoms with van der Waals surface area (Å²) in [4.78, 5) is 22.3. The Bertz CT molecular complexity index is 1000. The molecule has 0 bridgehead atoms. The molecule has 8 heteroatoms. The first-order chi connectivity index (χ1) is 12.5. The van der Waals surface area contributed by atoms with E-state index in [1.54, 1.807) is 0 Å². The van der Waals surface area contributed by atoms with E-state index in [9.17, 15) is 4.79 Å². The van der Waals surface area contributed by atoms with Crippen LogP contribution in [0.2, 0.25) is 0 Å². The van der Waals surface area contributed by atoms with Crippen molar-refractivity contribution in [1.29, 1.82) is 0 Å². The highest BCUT2D eigenvalue weighted by atomic mass is 32.1. The van der Waals surface area contributed by atoms with Crippen molar-refractivity contribution in [1.82, 2.24) is 9.97 Å². The molecule has 0 spiro atoms. The molecule has 1 aromatic carbocycles. The molecular weight excluding hydrogens is 354 g/mol. The lowest BCUT2D eigenvalue weighted by atomic mass is 10.2. The van der Waals surface area contributed by atoms with Gasteiger partial charge in [-0.3, -0.25) is 0 Å². The van der Waals surface area contributed by atoms with E-state index in [0.29, 0.717) is 22.2 Å². The highest BCUT2D eigenvalue weighted by Crippen LogP contribution is 2.38. The molecule has 1 N–H and O–H groups in total. The Labute approximate surface area is 153 Å². The van der Waals surface area contributed by atoms with Crippen molar-refractivity contribution >= 4 is 39.0 Å². The molecule has 0 unspecified atom stereocenters. The number of esters is 1. The minimum Gasteiger partial charge on any atom is -0.459 e. The SMILES string of the molecule is Cc1c(C(=O)OC(C)C)sc2ncnc(Nc3ccc4c(c3)OCO4)c12. The summed E-state index contributed by atoms with van der Waals surface area (Å²) in [6.45, 7) is 5.76. The first-order valence-electron chi connectivity index (χ1n) is 8.14. The van der Waals surface area contributed by atoms with Crippen LogP contribution in [0.5, 0.6) is 11.5 Å². The van der Waals surface area contributed by atoms with Gasteiger partial charge in [-0.25, -0.2) is 14.8 Å².